The van der Waals surface area contributed by atoms with Gasteiger partial charge in [0.05, 0.1) is 43.0 Å². The molecule has 321 valence electrons. The van der Waals surface area contributed by atoms with E-state index in [1.54, 1.807) is 0 Å². The van der Waals surface area contributed by atoms with Gasteiger partial charge in [0.25, 0.3) is 11.1 Å². The standard InChI is InChI=1S/2C20H24N2P.4ClH.F6P.Ru/c2*1-3-4-15-22-17-16-21(2)20(22)23(18-11-7-5-8-12-18)19-13-9-6-10-14-19;;;;;1-7(2,3,4,5)6;/h2*5-14,16-17H,3-4,15H2,1-2H3;4*1H;;/q2*+1;;;;;-1;+3/p-4. The number of imidazole rings is 2. The van der Waals surface area contributed by atoms with Crippen molar-refractivity contribution in [2.75, 3.05) is 0 Å². The zero-order valence-corrected chi connectivity index (χ0v) is 39.8. The number of hydrogen-bond acceptors (Lipinski definition) is 0. The SMILES string of the molecule is CCCCn1cc[n+](C)c1P(c1ccccc1)c1ccccc1.CCCCn1cc[n+](C)c1P(c1ccccc1)c1ccccc1.F[P-](F)(F)(F)(F)F.[Cl][Ru-]([Cl])([Cl])[Cl]. The van der Waals surface area contributed by atoms with Gasteiger partial charge >= 0.3 is 82.6 Å². The molecule has 0 radical (unpaired) electrons. The van der Waals surface area contributed by atoms with E-state index in [2.05, 4.69) is 192 Å². The molecule has 4 nitrogen and oxygen atoms in total. The van der Waals surface area contributed by atoms with Crippen molar-refractivity contribution in [1.82, 2.24) is 9.13 Å². The van der Waals surface area contributed by atoms with Gasteiger partial charge in [-0.1, -0.05) is 148 Å². The predicted molar refractivity (Wildman–Crippen MR) is 235 cm³/mol. The van der Waals surface area contributed by atoms with Crippen molar-refractivity contribution < 1.29 is 45.1 Å². The number of rotatable bonds is 12. The normalized spacial score (nSPS) is 12.9. The summed E-state index contributed by atoms with van der Waals surface area (Å²) in [5.74, 6) is 0. The van der Waals surface area contributed by atoms with Crippen molar-refractivity contribution >= 4 is 94.8 Å². The quantitative estimate of drug-likeness (QED) is 0.0503. The number of benzene rings is 4. The molecule has 0 aliphatic heterocycles. The molecule has 0 saturated heterocycles. The Bertz CT molecular complexity index is 1870. The molecule has 6 aromatic rings. The summed E-state index contributed by atoms with van der Waals surface area (Å²) in [4.78, 5) is 0. The van der Waals surface area contributed by atoms with E-state index in [-0.39, 0.29) is 0 Å². The van der Waals surface area contributed by atoms with Gasteiger partial charge < -0.3 is 0 Å². The summed E-state index contributed by atoms with van der Waals surface area (Å²) in [5, 5.41) is 5.61. The third kappa shape index (κ3) is 19.6. The Morgan fingerprint density at radius 2 is 0.724 bits per heavy atom. The predicted octanol–water partition coefficient (Wildman–Crippen LogP) is 11.9. The first-order valence-electron chi connectivity index (χ1n) is 18.1. The van der Waals surface area contributed by atoms with Gasteiger partial charge in [0, 0.05) is 0 Å². The summed E-state index contributed by atoms with van der Waals surface area (Å²) in [6.07, 6.45) is 13.7. The maximum atomic E-state index is 9.87. The fourth-order valence-corrected chi connectivity index (χ4v) is 10.7. The first-order chi connectivity index (χ1) is 27.1. The van der Waals surface area contributed by atoms with Crippen molar-refractivity contribution in [3.05, 3.63) is 146 Å². The van der Waals surface area contributed by atoms with Gasteiger partial charge in [-0.05, 0) is 34.1 Å². The Balaban J connectivity index is 0.000000243. The second kappa shape index (κ2) is 22.2. The van der Waals surface area contributed by atoms with Crippen molar-refractivity contribution in [2.24, 2.45) is 14.1 Å². The number of nitrogens with zero attached hydrogens (tertiary/aromatic N) is 4. The second-order valence-electron chi connectivity index (χ2n) is 12.8. The molecule has 0 aliphatic rings. The number of halogens is 10. The van der Waals surface area contributed by atoms with Gasteiger partial charge in [0.15, 0.2) is 0 Å². The summed E-state index contributed by atoms with van der Waals surface area (Å²) in [5.41, 5.74) is 2.82. The van der Waals surface area contributed by atoms with Crippen molar-refractivity contribution in [3.8, 4) is 0 Å². The van der Waals surface area contributed by atoms with Gasteiger partial charge in [0.2, 0.25) is 0 Å². The number of hydrogen-bond donors (Lipinski definition) is 0. The zero-order valence-electron chi connectivity index (χ0n) is 32.4. The van der Waals surface area contributed by atoms with E-state index in [4.69, 9.17) is 38.8 Å². The fourth-order valence-electron chi connectivity index (χ4n) is 5.68. The average Bonchev–Trinajstić information content (AvgIpc) is 3.71. The molecule has 0 spiro atoms. The Hall–Kier alpha value is -2.05. The Kier molecular flexibility index (Phi) is 19.2. The maximum absolute atomic E-state index is 10.7. The summed E-state index contributed by atoms with van der Waals surface area (Å²) < 4.78 is 68.7. The molecule has 58 heavy (non-hydrogen) atoms. The molecule has 0 unspecified atom stereocenters. The van der Waals surface area contributed by atoms with Gasteiger partial charge in [-0.3, -0.25) is 0 Å². The summed E-state index contributed by atoms with van der Waals surface area (Å²) in [6.45, 7) is 6.68. The molecule has 0 fully saturated rings. The van der Waals surface area contributed by atoms with Crippen LogP contribution in [0.1, 0.15) is 39.5 Å². The molecule has 0 N–H and O–H groups in total. The molecule has 18 heteroatoms. The summed E-state index contributed by atoms with van der Waals surface area (Å²) in [7, 11) is 9.61. The molecule has 2 aromatic heterocycles. The van der Waals surface area contributed by atoms with Crippen molar-refractivity contribution in [3.63, 3.8) is 0 Å². The summed E-state index contributed by atoms with van der Waals surface area (Å²) >= 11 is 0. The Morgan fingerprint density at radius 3 is 0.931 bits per heavy atom. The van der Waals surface area contributed by atoms with Gasteiger partial charge in [0.1, 0.15) is 24.8 Å². The minimum absolute atomic E-state index is 0.541. The van der Waals surface area contributed by atoms with E-state index in [9.17, 15) is 25.2 Å². The fraction of sp³-hybridized carbons (Fsp3) is 0.250. The van der Waals surface area contributed by atoms with Crippen LogP contribution in [-0.2, 0) is 38.0 Å². The average molecular weight is 1030 g/mol. The summed E-state index contributed by atoms with van der Waals surface area (Å²) in [6, 6.07) is 43.6. The van der Waals surface area contributed by atoms with Gasteiger partial charge in [-0.2, -0.15) is 0 Å². The van der Waals surface area contributed by atoms with Crippen molar-refractivity contribution in [1.29, 1.82) is 0 Å². The first-order valence-corrected chi connectivity index (χ1v) is 31.7. The third-order valence-corrected chi connectivity index (χ3v) is 13.3. The van der Waals surface area contributed by atoms with Crippen LogP contribution in [0.3, 0.4) is 0 Å². The van der Waals surface area contributed by atoms with Crippen LogP contribution in [0.4, 0.5) is 25.2 Å². The van der Waals surface area contributed by atoms with Crippen LogP contribution in [0, 0.1) is 0 Å². The van der Waals surface area contributed by atoms with E-state index in [1.807, 2.05) is 0 Å². The van der Waals surface area contributed by atoms with Gasteiger partial charge in [-0.15, -0.1) is 0 Å². The zero-order chi connectivity index (χ0) is 43.0. The van der Waals surface area contributed by atoms with Gasteiger partial charge in [-0.25, -0.2) is 18.3 Å². The number of aryl methyl sites for hydroxylation is 4. The second-order valence-corrected chi connectivity index (χ2v) is 34.7. The number of unbranched alkanes of at least 4 members (excludes halogenated alkanes) is 2. The van der Waals surface area contributed by atoms with Crippen LogP contribution < -0.4 is 41.5 Å². The van der Waals surface area contributed by atoms with Crippen LogP contribution >= 0.6 is 62.4 Å². The molecule has 6 rings (SSSR count). The van der Waals surface area contributed by atoms with Crippen LogP contribution in [-0.4, -0.2) is 9.13 Å². The molecule has 0 bridgehead atoms. The third-order valence-electron chi connectivity index (χ3n) is 8.05. The van der Waals surface area contributed by atoms with Crippen LogP contribution in [0.25, 0.3) is 0 Å². The van der Waals surface area contributed by atoms with Crippen LogP contribution in [0.2, 0.25) is 0 Å². The van der Waals surface area contributed by atoms with E-state index >= 15 is 0 Å². The van der Waals surface area contributed by atoms with Crippen molar-refractivity contribution in [2.45, 2.75) is 52.6 Å². The first kappa shape index (κ1) is 50.3. The molecule has 4 aromatic carbocycles. The Labute approximate surface area is 359 Å². The van der Waals surface area contributed by atoms with E-state index < -0.39 is 34.5 Å². The van der Waals surface area contributed by atoms with E-state index in [0.29, 0.717) is 0 Å². The minimum atomic E-state index is -10.7. The van der Waals surface area contributed by atoms with Crippen LogP contribution in [0.15, 0.2) is 146 Å². The molecule has 0 aliphatic carbocycles. The van der Waals surface area contributed by atoms with E-state index in [1.165, 1.54) is 58.0 Å². The molecule has 0 atom stereocenters. The topological polar surface area (TPSA) is 17.6 Å². The molecule has 0 amide bonds. The molecular weight excluding hydrogens is 986 g/mol. The molecule has 2 heterocycles. The van der Waals surface area contributed by atoms with Crippen LogP contribution in [0.5, 0.6) is 0 Å². The Morgan fingerprint density at radius 1 is 0.500 bits per heavy atom. The monoisotopic (exact) mass is 1030 g/mol. The van der Waals surface area contributed by atoms with E-state index in [0.717, 1.165) is 13.1 Å². The molecular formula is C40H48Cl4F6N4P3Ru. The number of aromatic nitrogens is 4. The molecule has 0 saturated carbocycles.